The summed E-state index contributed by atoms with van der Waals surface area (Å²) in [5.41, 5.74) is 2.21. The molecule has 6 nitrogen and oxygen atoms in total. The second-order valence-corrected chi connectivity index (χ2v) is 5.63. The first-order valence-electron chi connectivity index (χ1n) is 8.48. The maximum Gasteiger partial charge on any atom is 0.191 e. The quantitative estimate of drug-likeness (QED) is 0.562. The molecule has 2 aromatic rings. The van der Waals surface area contributed by atoms with Gasteiger partial charge in [0.25, 0.3) is 0 Å². The van der Waals surface area contributed by atoms with Crippen LogP contribution in [0.5, 0.6) is 17.2 Å². The number of benzene rings is 2. The lowest BCUT2D eigenvalue weighted by molar-refractivity contribution is 0.398. The van der Waals surface area contributed by atoms with Crippen LogP contribution in [0, 0.1) is 0 Å². The normalized spacial score (nSPS) is 11.0. The number of ether oxygens (including phenoxy) is 3. The Morgan fingerprint density at radius 3 is 2.38 bits per heavy atom. The third-order valence-corrected chi connectivity index (χ3v) is 3.99. The summed E-state index contributed by atoms with van der Waals surface area (Å²) in [5.74, 6) is 3.26. The molecular weight excluding hydrogens is 330 g/mol. The third-order valence-electron chi connectivity index (χ3n) is 3.99. The van der Waals surface area contributed by atoms with Crippen LogP contribution in [0.25, 0.3) is 0 Å². The van der Waals surface area contributed by atoms with Crippen molar-refractivity contribution in [3.63, 3.8) is 0 Å². The Kier molecular flexibility index (Phi) is 7.61. The topological polar surface area (TPSA) is 64.1 Å². The summed E-state index contributed by atoms with van der Waals surface area (Å²) in [6.45, 7) is 1.39. The highest BCUT2D eigenvalue weighted by atomic mass is 16.5. The number of guanidine groups is 1. The van der Waals surface area contributed by atoms with E-state index < -0.39 is 0 Å². The fraction of sp³-hybridized carbons (Fsp3) is 0.350. The van der Waals surface area contributed by atoms with Gasteiger partial charge in [0.05, 0.1) is 21.3 Å². The van der Waals surface area contributed by atoms with Gasteiger partial charge in [-0.05, 0) is 47.9 Å². The van der Waals surface area contributed by atoms with Gasteiger partial charge in [-0.2, -0.15) is 0 Å². The first-order chi connectivity index (χ1) is 12.7. The molecule has 0 fully saturated rings. The molecule has 26 heavy (non-hydrogen) atoms. The van der Waals surface area contributed by atoms with Crippen LogP contribution in [0.2, 0.25) is 0 Å². The number of nitrogens with one attached hydrogen (secondary N) is 2. The molecular formula is C20H27N3O3. The van der Waals surface area contributed by atoms with Crippen molar-refractivity contribution in [3.8, 4) is 17.2 Å². The van der Waals surface area contributed by atoms with Crippen molar-refractivity contribution >= 4 is 5.96 Å². The van der Waals surface area contributed by atoms with E-state index in [0.717, 1.165) is 47.3 Å². The van der Waals surface area contributed by atoms with Crippen LogP contribution < -0.4 is 24.8 Å². The van der Waals surface area contributed by atoms with Gasteiger partial charge in [-0.15, -0.1) is 0 Å². The molecule has 2 rings (SSSR count). The maximum absolute atomic E-state index is 5.41. The van der Waals surface area contributed by atoms with Gasteiger partial charge < -0.3 is 24.8 Å². The summed E-state index contributed by atoms with van der Waals surface area (Å²) < 4.78 is 15.9. The first-order valence-corrected chi connectivity index (χ1v) is 8.48. The molecule has 0 radical (unpaired) electrons. The van der Waals surface area contributed by atoms with E-state index in [4.69, 9.17) is 14.2 Å². The maximum atomic E-state index is 5.41. The van der Waals surface area contributed by atoms with Crippen LogP contribution in [-0.2, 0) is 13.0 Å². The minimum absolute atomic E-state index is 0.666. The summed E-state index contributed by atoms with van der Waals surface area (Å²) in [6, 6.07) is 13.8. The van der Waals surface area contributed by atoms with Gasteiger partial charge >= 0.3 is 0 Å². The molecule has 2 N–H and O–H groups in total. The molecule has 0 atom stereocenters. The highest BCUT2D eigenvalue weighted by molar-refractivity contribution is 5.79. The number of hydrogen-bond acceptors (Lipinski definition) is 4. The predicted octanol–water partition coefficient (Wildman–Crippen LogP) is 2.62. The SMILES string of the molecule is CN=C(NCCc1cc(OC)ccc1OC)NCc1cccc(OC)c1. The molecule has 0 amide bonds. The Hall–Kier alpha value is -2.89. The zero-order valence-electron chi connectivity index (χ0n) is 15.8. The fourth-order valence-corrected chi connectivity index (χ4v) is 2.58. The number of aliphatic imine (C=N–C) groups is 1. The molecule has 2 aromatic carbocycles. The average molecular weight is 357 g/mol. The monoisotopic (exact) mass is 357 g/mol. The molecule has 0 aliphatic carbocycles. The number of hydrogen-bond donors (Lipinski definition) is 2. The first kappa shape index (κ1) is 19.4. The van der Waals surface area contributed by atoms with Crippen molar-refractivity contribution in [2.24, 2.45) is 4.99 Å². The highest BCUT2D eigenvalue weighted by Gasteiger charge is 2.06. The Bertz CT molecular complexity index is 732. The van der Waals surface area contributed by atoms with E-state index >= 15 is 0 Å². The molecule has 0 saturated carbocycles. The standard InChI is InChI=1S/C20H27N3O3/c1-21-20(23-14-15-6-5-7-17(12-15)24-2)22-11-10-16-13-18(25-3)8-9-19(16)26-4/h5-9,12-13H,10-11,14H2,1-4H3,(H2,21,22,23). The van der Waals surface area contributed by atoms with Crippen molar-refractivity contribution in [2.45, 2.75) is 13.0 Å². The summed E-state index contributed by atoms with van der Waals surface area (Å²) >= 11 is 0. The van der Waals surface area contributed by atoms with E-state index in [9.17, 15) is 0 Å². The average Bonchev–Trinajstić information content (AvgIpc) is 2.70. The van der Waals surface area contributed by atoms with Gasteiger partial charge in [-0.1, -0.05) is 12.1 Å². The van der Waals surface area contributed by atoms with Gasteiger partial charge in [0, 0.05) is 20.1 Å². The van der Waals surface area contributed by atoms with Crippen LogP contribution in [0.4, 0.5) is 0 Å². The smallest absolute Gasteiger partial charge is 0.191 e. The number of methoxy groups -OCH3 is 3. The van der Waals surface area contributed by atoms with Crippen molar-refractivity contribution < 1.29 is 14.2 Å². The molecule has 0 spiro atoms. The number of nitrogens with zero attached hydrogens (tertiary/aromatic N) is 1. The van der Waals surface area contributed by atoms with Crippen molar-refractivity contribution in [3.05, 3.63) is 53.6 Å². The Morgan fingerprint density at radius 1 is 0.923 bits per heavy atom. The van der Waals surface area contributed by atoms with Crippen LogP contribution >= 0.6 is 0 Å². The van der Waals surface area contributed by atoms with E-state index in [-0.39, 0.29) is 0 Å². The molecule has 140 valence electrons. The fourth-order valence-electron chi connectivity index (χ4n) is 2.58. The summed E-state index contributed by atoms with van der Waals surface area (Å²) in [4.78, 5) is 4.26. The molecule has 0 aliphatic heterocycles. The van der Waals surface area contributed by atoms with Crippen LogP contribution in [-0.4, -0.2) is 40.9 Å². The lowest BCUT2D eigenvalue weighted by atomic mass is 10.1. The molecule has 0 bridgehead atoms. The molecule has 0 aliphatic rings. The Balaban J connectivity index is 1.87. The molecule has 0 heterocycles. The van der Waals surface area contributed by atoms with E-state index in [1.807, 2.05) is 42.5 Å². The minimum Gasteiger partial charge on any atom is -0.497 e. The van der Waals surface area contributed by atoms with Crippen molar-refractivity contribution in [1.82, 2.24) is 10.6 Å². The van der Waals surface area contributed by atoms with Gasteiger partial charge in [0.1, 0.15) is 17.2 Å². The summed E-state index contributed by atoms with van der Waals surface area (Å²) in [7, 11) is 6.76. The van der Waals surface area contributed by atoms with E-state index in [1.165, 1.54) is 0 Å². The van der Waals surface area contributed by atoms with Crippen LogP contribution in [0.3, 0.4) is 0 Å². The molecule has 0 saturated heterocycles. The Labute approximate surface area is 155 Å². The second kappa shape index (κ2) is 10.2. The van der Waals surface area contributed by atoms with Gasteiger partial charge in [0.15, 0.2) is 5.96 Å². The summed E-state index contributed by atoms with van der Waals surface area (Å²) in [6.07, 6.45) is 0.792. The minimum atomic E-state index is 0.666. The van der Waals surface area contributed by atoms with Gasteiger partial charge in [0.2, 0.25) is 0 Å². The largest absolute Gasteiger partial charge is 0.497 e. The van der Waals surface area contributed by atoms with Crippen LogP contribution in [0.1, 0.15) is 11.1 Å². The summed E-state index contributed by atoms with van der Waals surface area (Å²) in [5, 5.41) is 6.62. The lowest BCUT2D eigenvalue weighted by Gasteiger charge is -2.14. The number of rotatable bonds is 8. The van der Waals surface area contributed by atoms with Gasteiger partial charge in [-0.3, -0.25) is 4.99 Å². The zero-order valence-corrected chi connectivity index (χ0v) is 15.8. The van der Waals surface area contributed by atoms with E-state index in [1.54, 1.807) is 28.4 Å². The van der Waals surface area contributed by atoms with E-state index in [0.29, 0.717) is 6.54 Å². The van der Waals surface area contributed by atoms with Gasteiger partial charge in [-0.25, -0.2) is 0 Å². The highest BCUT2D eigenvalue weighted by Crippen LogP contribution is 2.24. The molecule has 0 aromatic heterocycles. The van der Waals surface area contributed by atoms with Crippen molar-refractivity contribution in [1.29, 1.82) is 0 Å². The lowest BCUT2D eigenvalue weighted by Crippen LogP contribution is -2.37. The zero-order chi connectivity index (χ0) is 18.8. The Morgan fingerprint density at radius 2 is 1.69 bits per heavy atom. The van der Waals surface area contributed by atoms with E-state index in [2.05, 4.69) is 15.6 Å². The van der Waals surface area contributed by atoms with Crippen molar-refractivity contribution in [2.75, 3.05) is 34.9 Å². The molecule has 6 heteroatoms. The third kappa shape index (κ3) is 5.58. The predicted molar refractivity (Wildman–Crippen MR) is 104 cm³/mol. The second-order valence-electron chi connectivity index (χ2n) is 5.63. The van der Waals surface area contributed by atoms with Crippen LogP contribution in [0.15, 0.2) is 47.5 Å². The molecule has 0 unspecified atom stereocenters.